The van der Waals surface area contributed by atoms with E-state index in [0.717, 1.165) is 19.4 Å². The Labute approximate surface area is 132 Å². The molecule has 21 heavy (non-hydrogen) atoms. The van der Waals surface area contributed by atoms with Gasteiger partial charge >= 0.3 is 0 Å². The molecule has 2 nitrogen and oxygen atoms in total. The molecule has 2 unspecified atom stereocenters. The third-order valence-electron chi connectivity index (χ3n) is 3.91. The van der Waals surface area contributed by atoms with Gasteiger partial charge in [-0.3, -0.25) is 0 Å². The summed E-state index contributed by atoms with van der Waals surface area (Å²) >= 11 is 1.84. The Morgan fingerprint density at radius 1 is 1.19 bits per heavy atom. The van der Waals surface area contributed by atoms with Gasteiger partial charge in [0.25, 0.3) is 0 Å². The second-order valence-electron chi connectivity index (χ2n) is 5.77. The van der Waals surface area contributed by atoms with E-state index in [-0.39, 0.29) is 0 Å². The standard InChI is InChI=1S/C18H26N2S/c1-5-11-19-18(16-9-7-6-8-10-16)13(2)12-17-20-14(3)15(4)21-17/h6-10,13,18-19H,5,11-12H2,1-4H3. The molecule has 1 aromatic heterocycles. The van der Waals surface area contributed by atoms with Crippen molar-refractivity contribution >= 4 is 11.3 Å². The number of thiazole rings is 1. The molecule has 0 fully saturated rings. The Morgan fingerprint density at radius 2 is 1.90 bits per heavy atom. The first-order valence-corrected chi connectivity index (χ1v) is 8.64. The number of hydrogen-bond donors (Lipinski definition) is 1. The van der Waals surface area contributed by atoms with E-state index in [2.05, 4.69) is 63.3 Å². The van der Waals surface area contributed by atoms with E-state index in [4.69, 9.17) is 4.98 Å². The highest BCUT2D eigenvalue weighted by Gasteiger charge is 2.20. The molecule has 0 amide bonds. The van der Waals surface area contributed by atoms with Crippen molar-refractivity contribution in [2.24, 2.45) is 5.92 Å². The van der Waals surface area contributed by atoms with E-state index in [1.54, 1.807) is 0 Å². The normalized spacial score (nSPS) is 14.1. The minimum Gasteiger partial charge on any atom is -0.310 e. The first kappa shape index (κ1) is 16.2. The molecule has 0 aliphatic rings. The molecule has 0 bridgehead atoms. The lowest BCUT2D eigenvalue weighted by Crippen LogP contribution is -2.28. The molecule has 2 atom stereocenters. The lowest BCUT2D eigenvalue weighted by atomic mass is 9.92. The molecule has 0 aliphatic heterocycles. The van der Waals surface area contributed by atoms with Gasteiger partial charge in [-0.1, -0.05) is 44.2 Å². The molecule has 0 spiro atoms. The van der Waals surface area contributed by atoms with E-state index < -0.39 is 0 Å². The number of aryl methyl sites for hydroxylation is 2. The third kappa shape index (κ3) is 4.39. The fraction of sp³-hybridized carbons (Fsp3) is 0.500. The molecule has 2 aromatic rings. The number of nitrogens with one attached hydrogen (secondary N) is 1. The van der Waals surface area contributed by atoms with Gasteiger partial charge in [-0.2, -0.15) is 0 Å². The van der Waals surface area contributed by atoms with Crippen LogP contribution < -0.4 is 5.32 Å². The summed E-state index contributed by atoms with van der Waals surface area (Å²) < 4.78 is 0. The van der Waals surface area contributed by atoms with Gasteiger partial charge in [-0.25, -0.2) is 4.98 Å². The SMILES string of the molecule is CCCNC(c1ccccc1)C(C)Cc1nc(C)c(C)s1. The quantitative estimate of drug-likeness (QED) is 0.803. The van der Waals surface area contributed by atoms with Crippen LogP contribution in [0.2, 0.25) is 0 Å². The zero-order chi connectivity index (χ0) is 15.2. The van der Waals surface area contributed by atoms with Crippen molar-refractivity contribution in [3.8, 4) is 0 Å². The largest absolute Gasteiger partial charge is 0.310 e. The highest BCUT2D eigenvalue weighted by molar-refractivity contribution is 7.11. The summed E-state index contributed by atoms with van der Waals surface area (Å²) in [5, 5.41) is 4.96. The van der Waals surface area contributed by atoms with Gasteiger partial charge in [0, 0.05) is 17.3 Å². The number of hydrogen-bond acceptors (Lipinski definition) is 3. The highest BCUT2D eigenvalue weighted by atomic mass is 32.1. The monoisotopic (exact) mass is 302 g/mol. The molecule has 0 aliphatic carbocycles. The Kier molecular flexibility index (Phi) is 5.95. The van der Waals surface area contributed by atoms with Crippen molar-refractivity contribution < 1.29 is 0 Å². The minimum atomic E-state index is 0.399. The van der Waals surface area contributed by atoms with Crippen LogP contribution in [0.15, 0.2) is 30.3 Å². The van der Waals surface area contributed by atoms with Crippen LogP contribution in [0.5, 0.6) is 0 Å². The Bertz CT molecular complexity index is 528. The molecule has 1 N–H and O–H groups in total. The Balaban J connectivity index is 2.12. The van der Waals surface area contributed by atoms with E-state index >= 15 is 0 Å². The molecular weight excluding hydrogens is 276 g/mol. The minimum absolute atomic E-state index is 0.399. The van der Waals surface area contributed by atoms with Gasteiger partial charge in [0.05, 0.1) is 10.7 Å². The van der Waals surface area contributed by atoms with E-state index in [1.807, 2.05) is 11.3 Å². The summed E-state index contributed by atoms with van der Waals surface area (Å²) in [5.41, 5.74) is 2.56. The van der Waals surface area contributed by atoms with Crippen LogP contribution in [0.1, 0.15) is 47.5 Å². The van der Waals surface area contributed by atoms with Crippen LogP contribution in [0.3, 0.4) is 0 Å². The molecule has 0 saturated heterocycles. The molecular formula is C18H26N2S. The van der Waals surface area contributed by atoms with Gasteiger partial charge in [0.2, 0.25) is 0 Å². The van der Waals surface area contributed by atoms with Gasteiger partial charge in [0.15, 0.2) is 0 Å². The Morgan fingerprint density at radius 3 is 2.48 bits per heavy atom. The van der Waals surface area contributed by atoms with E-state index in [0.29, 0.717) is 12.0 Å². The first-order chi connectivity index (χ1) is 10.1. The van der Waals surface area contributed by atoms with E-state index in [9.17, 15) is 0 Å². The zero-order valence-corrected chi connectivity index (χ0v) is 14.3. The molecule has 0 saturated carbocycles. The summed E-state index contributed by atoms with van der Waals surface area (Å²) in [6, 6.07) is 11.2. The fourth-order valence-corrected chi connectivity index (χ4v) is 3.70. The van der Waals surface area contributed by atoms with Gasteiger partial charge < -0.3 is 5.32 Å². The van der Waals surface area contributed by atoms with Crippen LogP contribution in [-0.4, -0.2) is 11.5 Å². The van der Waals surface area contributed by atoms with Crippen molar-refractivity contribution in [2.75, 3.05) is 6.54 Å². The molecule has 3 heteroatoms. The molecule has 2 rings (SSSR count). The number of rotatable bonds is 7. The maximum absolute atomic E-state index is 4.70. The smallest absolute Gasteiger partial charge is 0.0934 e. The average Bonchev–Trinajstić information content (AvgIpc) is 2.78. The summed E-state index contributed by atoms with van der Waals surface area (Å²) in [7, 11) is 0. The number of benzene rings is 1. The van der Waals surface area contributed by atoms with Crippen molar-refractivity contribution in [2.45, 2.75) is 46.6 Å². The highest BCUT2D eigenvalue weighted by Crippen LogP contribution is 2.27. The lowest BCUT2D eigenvalue weighted by molar-refractivity contribution is 0.384. The second kappa shape index (κ2) is 7.71. The van der Waals surface area contributed by atoms with Crippen LogP contribution in [0, 0.1) is 19.8 Å². The maximum Gasteiger partial charge on any atom is 0.0934 e. The van der Waals surface area contributed by atoms with Crippen molar-refractivity contribution in [3.63, 3.8) is 0 Å². The Hall–Kier alpha value is -1.19. The number of aromatic nitrogens is 1. The van der Waals surface area contributed by atoms with E-state index in [1.165, 1.54) is 21.1 Å². The molecule has 1 heterocycles. The van der Waals surface area contributed by atoms with Gasteiger partial charge in [0.1, 0.15) is 0 Å². The van der Waals surface area contributed by atoms with Gasteiger partial charge in [-0.15, -0.1) is 11.3 Å². The zero-order valence-electron chi connectivity index (χ0n) is 13.5. The maximum atomic E-state index is 4.70. The average molecular weight is 302 g/mol. The van der Waals surface area contributed by atoms with Crippen LogP contribution in [-0.2, 0) is 6.42 Å². The van der Waals surface area contributed by atoms with Crippen LogP contribution >= 0.6 is 11.3 Å². The number of nitrogens with zero attached hydrogens (tertiary/aromatic N) is 1. The summed E-state index contributed by atoms with van der Waals surface area (Å²) in [6.45, 7) is 9.86. The second-order valence-corrected chi connectivity index (χ2v) is 7.06. The van der Waals surface area contributed by atoms with Crippen molar-refractivity contribution in [3.05, 3.63) is 51.5 Å². The summed E-state index contributed by atoms with van der Waals surface area (Å²) in [6.07, 6.45) is 2.20. The fourth-order valence-electron chi connectivity index (χ4n) is 2.63. The van der Waals surface area contributed by atoms with Crippen molar-refractivity contribution in [1.29, 1.82) is 0 Å². The summed E-state index contributed by atoms with van der Waals surface area (Å²) in [5.74, 6) is 0.531. The predicted octanol–water partition coefficient (Wildman–Crippen LogP) is 4.68. The lowest BCUT2D eigenvalue weighted by Gasteiger charge is -2.25. The molecule has 114 valence electrons. The third-order valence-corrected chi connectivity index (χ3v) is 5.01. The van der Waals surface area contributed by atoms with Crippen LogP contribution in [0.25, 0.3) is 0 Å². The molecule has 1 aromatic carbocycles. The van der Waals surface area contributed by atoms with Crippen molar-refractivity contribution in [1.82, 2.24) is 10.3 Å². The summed E-state index contributed by atoms with van der Waals surface area (Å²) in [4.78, 5) is 6.04. The van der Waals surface area contributed by atoms with Gasteiger partial charge in [-0.05, 0) is 38.3 Å². The van der Waals surface area contributed by atoms with Crippen LogP contribution in [0.4, 0.5) is 0 Å². The predicted molar refractivity (Wildman–Crippen MR) is 91.9 cm³/mol. The molecule has 0 radical (unpaired) electrons. The first-order valence-electron chi connectivity index (χ1n) is 7.83. The topological polar surface area (TPSA) is 24.9 Å².